The summed E-state index contributed by atoms with van der Waals surface area (Å²) in [6.07, 6.45) is 2.73. The van der Waals surface area contributed by atoms with E-state index in [2.05, 4.69) is 60.5 Å². The van der Waals surface area contributed by atoms with E-state index < -0.39 is 0 Å². The van der Waals surface area contributed by atoms with E-state index in [-0.39, 0.29) is 17.9 Å². The summed E-state index contributed by atoms with van der Waals surface area (Å²) in [7, 11) is 1.69. The number of hydrogen-bond donors (Lipinski definition) is 1. The molecule has 1 atom stereocenters. The zero-order valence-electron chi connectivity index (χ0n) is 18.2. The Hall–Kier alpha value is -2.33. The molecule has 3 rings (SSSR count). The van der Waals surface area contributed by atoms with Crippen LogP contribution in [-0.2, 0) is 11.3 Å². The molecule has 2 aromatic carbocycles. The molecule has 0 aliphatic carbocycles. The number of hydrogen-bond acceptors (Lipinski definition) is 3. The average Bonchev–Trinajstić information content (AvgIpc) is 2.72. The van der Waals surface area contributed by atoms with E-state index in [0.29, 0.717) is 0 Å². The first-order valence-electron chi connectivity index (χ1n) is 10.7. The van der Waals surface area contributed by atoms with Crippen LogP contribution in [0.5, 0.6) is 5.75 Å². The molecular weight excluding hydrogens is 360 g/mol. The molecule has 1 aliphatic heterocycles. The summed E-state index contributed by atoms with van der Waals surface area (Å²) in [5.74, 6) is 1.19. The number of nitrogens with one attached hydrogen (secondary N) is 1. The van der Waals surface area contributed by atoms with Crippen molar-refractivity contribution in [3.05, 3.63) is 64.7 Å². The van der Waals surface area contributed by atoms with Gasteiger partial charge in [0.1, 0.15) is 5.75 Å². The van der Waals surface area contributed by atoms with Crippen molar-refractivity contribution in [2.24, 2.45) is 5.92 Å². The van der Waals surface area contributed by atoms with Crippen LogP contribution >= 0.6 is 0 Å². The van der Waals surface area contributed by atoms with Crippen LogP contribution < -0.4 is 10.1 Å². The van der Waals surface area contributed by atoms with Gasteiger partial charge in [-0.05, 0) is 69.0 Å². The lowest BCUT2D eigenvalue weighted by atomic mass is 9.94. The highest BCUT2D eigenvalue weighted by Gasteiger charge is 2.26. The molecule has 156 valence electrons. The van der Waals surface area contributed by atoms with Crippen molar-refractivity contribution < 1.29 is 9.53 Å². The van der Waals surface area contributed by atoms with Gasteiger partial charge in [-0.1, -0.05) is 48.9 Å². The van der Waals surface area contributed by atoms with E-state index in [4.69, 9.17) is 4.74 Å². The summed E-state index contributed by atoms with van der Waals surface area (Å²) in [5, 5.41) is 3.29. The fraction of sp³-hybridized carbons (Fsp3) is 0.480. The topological polar surface area (TPSA) is 41.6 Å². The first kappa shape index (κ1) is 21.4. The molecule has 29 heavy (non-hydrogen) atoms. The molecule has 1 fully saturated rings. The number of carbonyl (C=O) groups is 1. The number of aryl methyl sites for hydroxylation is 2. The molecule has 0 bridgehead atoms. The van der Waals surface area contributed by atoms with Gasteiger partial charge in [-0.2, -0.15) is 0 Å². The second kappa shape index (κ2) is 9.93. The Balaban J connectivity index is 1.53. The van der Waals surface area contributed by atoms with E-state index in [1.54, 1.807) is 7.11 Å². The van der Waals surface area contributed by atoms with Gasteiger partial charge in [0.05, 0.1) is 13.2 Å². The number of benzene rings is 2. The largest absolute Gasteiger partial charge is 0.496 e. The van der Waals surface area contributed by atoms with E-state index in [9.17, 15) is 4.79 Å². The number of ether oxygens (including phenoxy) is 1. The van der Waals surface area contributed by atoms with Crippen molar-refractivity contribution >= 4 is 5.91 Å². The molecule has 0 saturated carbocycles. The normalized spacial score (nSPS) is 16.4. The van der Waals surface area contributed by atoms with Crippen LogP contribution in [0.15, 0.2) is 42.5 Å². The van der Waals surface area contributed by atoms with E-state index >= 15 is 0 Å². The zero-order valence-corrected chi connectivity index (χ0v) is 18.2. The number of nitrogens with zero attached hydrogens (tertiary/aromatic N) is 1. The second-order valence-corrected chi connectivity index (χ2v) is 8.24. The summed E-state index contributed by atoms with van der Waals surface area (Å²) in [6, 6.07) is 14.9. The van der Waals surface area contributed by atoms with Crippen LogP contribution in [0.3, 0.4) is 0 Å². The van der Waals surface area contributed by atoms with Crippen molar-refractivity contribution in [1.82, 2.24) is 10.2 Å². The Kier molecular flexibility index (Phi) is 7.32. The van der Waals surface area contributed by atoms with Gasteiger partial charge in [0.25, 0.3) is 0 Å². The van der Waals surface area contributed by atoms with E-state index in [1.165, 1.54) is 11.1 Å². The predicted molar refractivity (Wildman–Crippen MR) is 118 cm³/mol. The second-order valence-electron chi connectivity index (χ2n) is 8.24. The van der Waals surface area contributed by atoms with Gasteiger partial charge in [0, 0.05) is 12.5 Å². The first-order chi connectivity index (χ1) is 14.0. The maximum absolute atomic E-state index is 12.9. The minimum atomic E-state index is 0.0532. The molecular formula is C25H34N2O2. The third-order valence-corrected chi connectivity index (χ3v) is 5.99. The summed E-state index contributed by atoms with van der Waals surface area (Å²) < 4.78 is 5.36. The van der Waals surface area contributed by atoms with Crippen molar-refractivity contribution in [2.45, 2.75) is 52.6 Å². The Morgan fingerprint density at radius 3 is 2.55 bits per heavy atom. The molecule has 1 amide bonds. The van der Waals surface area contributed by atoms with Gasteiger partial charge < -0.3 is 10.1 Å². The van der Waals surface area contributed by atoms with Gasteiger partial charge in [-0.3, -0.25) is 9.69 Å². The first-order valence-corrected chi connectivity index (χ1v) is 10.7. The highest BCUT2D eigenvalue weighted by atomic mass is 16.5. The lowest BCUT2D eigenvalue weighted by Gasteiger charge is -2.32. The van der Waals surface area contributed by atoms with Crippen LogP contribution in [0.4, 0.5) is 0 Å². The van der Waals surface area contributed by atoms with Gasteiger partial charge >= 0.3 is 0 Å². The van der Waals surface area contributed by atoms with Crippen molar-refractivity contribution in [3.63, 3.8) is 0 Å². The lowest BCUT2D eigenvalue weighted by molar-refractivity contribution is -0.127. The van der Waals surface area contributed by atoms with Gasteiger partial charge in [-0.25, -0.2) is 0 Å². The number of rotatable bonds is 7. The van der Waals surface area contributed by atoms with Crippen molar-refractivity contribution in [2.75, 3.05) is 20.2 Å². The van der Waals surface area contributed by atoms with Crippen molar-refractivity contribution in [1.29, 1.82) is 0 Å². The summed E-state index contributed by atoms with van der Waals surface area (Å²) >= 11 is 0. The minimum Gasteiger partial charge on any atom is -0.496 e. The Morgan fingerprint density at radius 1 is 1.17 bits per heavy atom. The molecule has 4 nitrogen and oxygen atoms in total. The van der Waals surface area contributed by atoms with Crippen LogP contribution in [-0.4, -0.2) is 31.0 Å². The summed E-state index contributed by atoms with van der Waals surface area (Å²) in [4.78, 5) is 15.4. The maximum atomic E-state index is 12.9. The number of amides is 1. The van der Waals surface area contributed by atoms with Gasteiger partial charge in [0.15, 0.2) is 0 Å². The standard InChI is InChI=1S/C25H34N2O2/c1-5-23(22-9-10-24(29-4)19(3)16-22)26-25(28)21-11-13-27(14-12-21)17-20-8-6-7-18(2)15-20/h6-10,15-16,21,23H,5,11-14,17H2,1-4H3,(H,26,28)/t23-/m0/s1. The molecule has 1 heterocycles. The Labute approximate surface area is 175 Å². The van der Waals surface area contributed by atoms with Crippen LogP contribution in [0.1, 0.15) is 54.5 Å². The number of methoxy groups -OCH3 is 1. The molecule has 1 saturated heterocycles. The third kappa shape index (κ3) is 5.60. The average molecular weight is 395 g/mol. The number of carbonyl (C=O) groups excluding carboxylic acids is 1. The molecule has 0 radical (unpaired) electrons. The molecule has 1 aliphatic rings. The molecule has 0 spiro atoms. The fourth-order valence-corrected chi connectivity index (χ4v) is 4.25. The molecule has 1 N–H and O–H groups in total. The van der Waals surface area contributed by atoms with E-state index in [1.807, 2.05) is 13.0 Å². The molecule has 0 unspecified atom stereocenters. The Morgan fingerprint density at radius 2 is 1.93 bits per heavy atom. The minimum absolute atomic E-state index is 0.0532. The highest BCUT2D eigenvalue weighted by molar-refractivity contribution is 5.79. The summed E-state index contributed by atoms with van der Waals surface area (Å²) in [5.41, 5.74) is 4.91. The molecule has 0 aromatic heterocycles. The molecule has 4 heteroatoms. The van der Waals surface area contributed by atoms with Crippen LogP contribution in [0, 0.1) is 19.8 Å². The Bertz CT molecular complexity index is 825. The smallest absolute Gasteiger partial charge is 0.223 e. The maximum Gasteiger partial charge on any atom is 0.223 e. The monoisotopic (exact) mass is 394 g/mol. The van der Waals surface area contributed by atoms with Crippen LogP contribution in [0.25, 0.3) is 0 Å². The third-order valence-electron chi connectivity index (χ3n) is 5.99. The van der Waals surface area contributed by atoms with Gasteiger partial charge in [0.2, 0.25) is 5.91 Å². The summed E-state index contributed by atoms with van der Waals surface area (Å²) in [6.45, 7) is 9.22. The SMILES string of the molecule is CC[C@H](NC(=O)C1CCN(Cc2cccc(C)c2)CC1)c1ccc(OC)c(C)c1. The fourth-order valence-electron chi connectivity index (χ4n) is 4.25. The zero-order chi connectivity index (χ0) is 20.8. The lowest BCUT2D eigenvalue weighted by Crippen LogP contribution is -2.41. The predicted octanol–water partition coefficient (Wildman–Crippen LogP) is 4.79. The number of likely N-dealkylation sites (tertiary alicyclic amines) is 1. The number of piperidine rings is 1. The molecule has 2 aromatic rings. The van der Waals surface area contributed by atoms with E-state index in [0.717, 1.165) is 55.8 Å². The van der Waals surface area contributed by atoms with Gasteiger partial charge in [-0.15, -0.1) is 0 Å². The van der Waals surface area contributed by atoms with Crippen molar-refractivity contribution in [3.8, 4) is 5.75 Å². The quantitative estimate of drug-likeness (QED) is 0.734. The highest BCUT2D eigenvalue weighted by Crippen LogP contribution is 2.26. The van der Waals surface area contributed by atoms with Crippen LogP contribution in [0.2, 0.25) is 0 Å².